The highest BCUT2D eigenvalue weighted by Crippen LogP contribution is 2.70. The van der Waals surface area contributed by atoms with Crippen LogP contribution in [0.5, 0.6) is 0 Å². The number of aliphatic hydroxyl groups is 1. The molecular weight excluding hydrogens is 427 g/mol. The summed E-state index contributed by atoms with van der Waals surface area (Å²) in [6.07, 6.45) is 11.3. The Bertz CT molecular complexity index is 1040. The third-order valence-electron chi connectivity index (χ3n) is 9.35. The van der Waals surface area contributed by atoms with Crippen molar-refractivity contribution < 1.29 is 27.3 Å². The van der Waals surface area contributed by atoms with Crippen LogP contribution in [0.1, 0.15) is 113 Å². The van der Waals surface area contributed by atoms with Gasteiger partial charge in [-0.1, -0.05) is 37.6 Å². The monoisotopic (exact) mass is 478 g/mol. The van der Waals surface area contributed by atoms with E-state index in [0.29, 0.717) is 30.3 Å². The fraction of sp³-hybridized carbons (Fsp3) is 0.767. The van der Waals surface area contributed by atoms with Crippen LogP contribution >= 0.6 is 0 Å². The molecule has 0 radical (unpaired) electrons. The molecule has 4 heteroatoms. The van der Waals surface area contributed by atoms with E-state index in [-0.39, 0.29) is 23.7 Å². The predicted molar refractivity (Wildman–Crippen MR) is 135 cm³/mol. The zero-order chi connectivity index (χ0) is 29.7. The first-order chi connectivity index (χ1) is 18.4. The van der Waals surface area contributed by atoms with Gasteiger partial charge < -0.3 is 9.84 Å². The van der Waals surface area contributed by atoms with Gasteiger partial charge in [-0.3, -0.25) is 4.79 Å². The van der Waals surface area contributed by atoms with E-state index in [2.05, 4.69) is 19.6 Å². The molecule has 4 rings (SSSR count). The molecule has 4 aliphatic rings. The second-order valence-electron chi connectivity index (χ2n) is 11.7. The molecule has 0 aliphatic heterocycles. The number of alkyl halides is 1. The first-order valence-corrected chi connectivity index (χ1v) is 13.1. The van der Waals surface area contributed by atoms with Gasteiger partial charge in [0, 0.05) is 28.0 Å². The summed E-state index contributed by atoms with van der Waals surface area (Å²) in [4.78, 5) is 11.4. The maximum Gasteiger partial charge on any atom is 0.302 e. The number of carbonyl (C=O) groups is 1. The number of fused-ring (bicyclic) bond motifs is 1. The molecule has 0 amide bonds. The largest absolute Gasteiger partial charge is 0.462 e. The average molecular weight is 479 g/mol. The summed E-state index contributed by atoms with van der Waals surface area (Å²) in [6, 6.07) is 0. The molecule has 190 valence electrons. The second-order valence-corrected chi connectivity index (χ2v) is 11.7. The molecule has 4 fully saturated rings. The van der Waals surface area contributed by atoms with Gasteiger partial charge >= 0.3 is 5.97 Å². The Morgan fingerprint density at radius 3 is 2.76 bits per heavy atom. The van der Waals surface area contributed by atoms with Crippen LogP contribution in [0.25, 0.3) is 0 Å². The van der Waals surface area contributed by atoms with Gasteiger partial charge in [0.15, 0.2) is 0 Å². The molecule has 0 aromatic carbocycles. The lowest BCUT2D eigenvalue weighted by Crippen LogP contribution is -2.37. The molecule has 4 saturated carbocycles. The number of rotatable bonds is 7. The molecule has 5 atom stereocenters. The van der Waals surface area contributed by atoms with Crippen LogP contribution in [0.2, 0.25) is 0 Å². The van der Waals surface area contributed by atoms with Gasteiger partial charge in [-0.05, 0) is 105 Å². The second kappa shape index (κ2) is 9.56. The highest BCUT2D eigenvalue weighted by Gasteiger charge is 2.60. The molecule has 0 bridgehead atoms. The fourth-order valence-electron chi connectivity index (χ4n) is 7.62. The maximum absolute atomic E-state index is 14.6. The minimum atomic E-state index is -2.97. The number of hydrogen-bond acceptors (Lipinski definition) is 3. The van der Waals surface area contributed by atoms with E-state index >= 15 is 0 Å². The minimum Gasteiger partial charge on any atom is -0.462 e. The summed E-state index contributed by atoms with van der Waals surface area (Å²) in [6.45, 7) is 1.74. The predicted octanol–water partition coefficient (Wildman–Crippen LogP) is 7.40. The van der Waals surface area contributed by atoms with Gasteiger partial charge in [0.25, 0.3) is 0 Å². The zero-order valence-corrected chi connectivity index (χ0v) is 20.8. The van der Waals surface area contributed by atoms with Gasteiger partial charge in [-0.2, -0.15) is 0 Å². The number of hydrogen-bond donors (Lipinski definition) is 1. The van der Waals surface area contributed by atoms with Gasteiger partial charge in [0.2, 0.25) is 0 Å². The van der Waals surface area contributed by atoms with E-state index in [1.165, 1.54) is 12.5 Å². The quantitative estimate of drug-likeness (QED) is 0.388. The van der Waals surface area contributed by atoms with Gasteiger partial charge in [0.05, 0.1) is 5.60 Å². The standard InChI is InChI=1S/C30H45FO3/c1-20-23(18-24(19-26(20)31)34-21(2)32)10-9-22-8-6-14-29(5)25(22)11-12-27(29)30(16-17-30)15-7-13-28(3,4)33/h9-10,24-27,33H,1,6-8,11-19H2,2-5H3/b22-9+,23-10-/t24?,25?,26-,27?,29-/m0/s1/i3D3,4D3. The molecule has 34 heavy (non-hydrogen) atoms. The highest BCUT2D eigenvalue weighted by atomic mass is 19.1. The number of esters is 1. The Labute approximate surface area is 214 Å². The molecule has 1 N–H and O–H groups in total. The van der Waals surface area contributed by atoms with Gasteiger partial charge in [-0.15, -0.1) is 0 Å². The lowest BCUT2D eigenvalue weighted by Gasteiger charge is -2.45. The van der Waals surface area contributed by atoms with E-state index in [0.717, 1.165) is 56.9 Å². The van der Waals surface area contributed by atoms with Crippen molar-refractivity contribution in [1.29, 1.82) is 0 Å². The van der Waals surface area contributed by atoms with Crippen LogP contribution < -0.4 is 0 Å². The van der Waals surface area contributed by atoms with Crippen LogP contribution in [0.3, 0.4) is 0 Å². The molecular formula is C30H45FO3. The van der Waals surface area contributed by atoms with E-state index in [1.54, 1.807) is 0 Å². The van der Waals surface area contributed by atoms with Crippen molar-refractivity contribution in [2.45, 2.75) is 122 Å². The normalized spacial score (nSPS) is 41.0. The van der Waals surface area contributed by atoms with Crippen molar-refractivity contribution in [3.8, 4) is 0 Å². The number of ether oxygens (including phenoxy) is 1. The third kappa shape index (κ3) is 5.37. The number of halogens is 1. The number of allylic oxidation sites excluding steroid dienone is 4. The summed E-state index contributed by atoms with van der Waals surface area (Å²) in [5, 5.41) is 10.7. The van der Waals surface area contributed by atoms with Crippen LogP contribution in [-0.2, 0) is 9.53 Å². The van der Waals surface area contributed by atoms with E-state index in [4.69, 9.17) is 13.0 Å². The van der Waals surface area contributed by atoms with Crippen LogP contribution in [0, 0.1) is 22.7 Å². The van der Waals surface area contributed by atoms with E-state index in [9.17, 15) is 14.3 Å². The molecule has 0 heterocycles. The Morgan fingerprint density at radius 1 is 1.32 bits per heavy atom. The fourth-order valence-corrected chi connectivity index (χ4v) is 7.62. The lowest BCUT2D eigenvalue weighted by atomic mass is 9.59. The van der Waals surface area contributed by atoms with Crippen molar-refractivity contribution in [1.82, 2.24) is 0 Å². The van der Waals surface area contributed by atoms with Crippen molar-refractivity contribution >= 4 is 5.97 Å². The van der Waals surface area contributed by atoms with Crippen molar-refractivity contribution in [3.05, 3.63) is 35.5 Å². The summed E-state index contributed by atoms with van der Waals surface area (Å²) >= 11 is 0. The molecule has 0 spiro atoms. The van der Waals surface area contributed by atoms with Crippen molar-refractivity contribution in [2.75, 3.05) is 0 Å². The topological polar surface area (TPSA) is 46.5 Å². The average Bonchev–Trinajstić information content (AvgIpc) is 3.51. The maximum atomic E-state index is 14.6. The highest BCUT2D eigenvalue weighted by molar-refractivity contribution is 5.66. The first-order valence-electron chi connectivity index (χ1n) is 16.1. The Hall–Kier alpha value is -1.42. The van der Waals surface area contributed by atoms with E-state index < -0.39 is 37.5 Å². The van der Waals surface area contributed by atoms with E-state index in [1.807, 2.05) is 6.08 Å². The summed E-state index contributed by atoms with van der Waals surface area (Å²) < 4.78 is 66.0. The van der Waals surface area contributed by atoms with Crippen LogP contribution in [0.4, 0.5) is 4.39 Å². The Kier molecular flexibility index (Phi) is 5.28. The molecule has 0 saturated heterocycles. The van der Waals surface area contributed by atoms with Crippen LogP contribution in [0.15, 0.2) is 35.5 Å². The molecule has 3 unspecified atom stereocenters. The summed E-state index contributed by atoms with van der Waals surface area (Å²) in [7, 11) is 0. The smallest absolute Gasteiger partial charge is 0.302 e. The Morgan fingerprint density at radius 2 is 2.09 bits per heavy atom. The SMILES string of the molecule is [2H]C([2H])([2H])C(O)(CCCC1(C2CCC3/C(=C/C=C4/CC(OC(C)=O)C[C@H](F)C4=C)CCC[C@@]32C)CC1)C([2H])([2H])[2H]. The summed E-state index contributed by atoms with van der Waals surface area (Å²) in [5.41, 5.74) is 0.114. The first kappa shape index (κ1) is 18.8. The zero-order valence-electron chi connectivity index (χ0n) is 26.8. The van der Waals surface area contributed by atoms with Crippen molar-refractivity contribution in [2.24, 2.45) is 22.7 Å². The minimum absolute atomic E-state index is 0.0746. The third-order valence-corrected chi connectivity index (χ3v) is 9.35. The summed E-state index contributed by atoms with van der Waals surface area (Å²) in [5.74, 6) is 0.464. The molecule has 0 aromatic rings. The molecule has 3 nitrogen and oxygen atoms in total. The molecule has 0 aromatic heterocycles. The molecule has 4 aliphatic carbocycles. The van der Waals surface area contributed by atoms with Gasteiger partial charge in [0.1, 0.15) is 12.3 Å². The Balaban J connectivity index is 1.47. The lowest BCUT2D eigenvalue weighted by molar-refractivity contribution is -0.147. The van der Waals surface area contributed by atoms with Gasteiger partial charge in [-0.25, -0.2) is 4.39 Å². The van der Waals surface area contributed by atoms with Crippen molar-refractivity contribution in [3.63, 3.8) is 0 Å². The number of carbonyl (C=O) groups excluding carboxylic acids is 1. The van der Waals surface area contributed by atoms with Crippen LogP contribution in [-0.4, -0.2) is 29.0 Å².